The van der Waals surface area contributed by atoms with Gasteiger partial charge in [0.15, 0.2) is 0 Å². The topological polar surface area (TPSA) is 52.7 Å². The Morgan fingerprint density at radius 1 is 1.30 bits per heavy atom. The summed E-state index contributed by atoms with van der Waals surface area (Å²) in [6.07, 6.45) is 5.43. The molecular formula is C15H25N3O2. The van der Waals surface area contributed by atoms with Gasteiger partial charge in [0.25, 0.3) is 0 Å². The van der Waals surface area contributed by atoms with Gasteiger partial charge in [-0.3, -0.25) is 9.59 Å². The minimum atomic E-state index is -0.165. The van der Waals surface area contributed by atoms with Crippen molar-refractivity contribution in [2.75, 3.05) is 26.2 Å². The Hall–Kier alpha value is -1.10. The fourth-order valence-electron chi connectivity index (χ4n) is 3.47. The first kappa shape index (κ1) is 13.9. The quantitative estimate of drug-likeness (QED) is 0.774. The Bertz CT molecular complexity index is 395. The van der Waals surface area contributed by atoms with Crippen LogP contribution in [0.15, 0.2) is 0 Å². The third-order valence-corrected chi connectivity index (χ3v) is 4.76. The van der Waals surface area contributed by atoms with E-state index in [2.05, 4.69) is 12.2 Å². The van der Waals surface area contributed by atoms with Gasteiger partial charge >= 0.3 is 0 Å². The van der Waals surface area contributed by atoms with Gasteiger partial charge in [0, 0.05) is 19.1 Å². The van der Waals surface area contributed by atoms with Crippen LogP contribution in [0.3, 0.4) is 0 Å². The molecule has 20 heavy (non-hydrogen) atoms. The van der Waals surface area contributed by atoms with Gasteiger partial charge < -0.3 is 15.1 Å². The summed E-state index contributed by atoms with van der Waals surface area (Å²) in [5.74, 6) is 1.01. The summed E-state index contributed by atoms with van der Waals surface area (Å²) in [7, 11) is 0. The molecule has 3 aliphatic rings. The molecule has 5 nitrogen and oxygen atoms in total. The Labute approximate surface area is 120 Å². The average molecular weight is 279 g/mol. The monoisotopic (exact) mass is 279 g/mol. The lowest BCUT2D eigenvalue weighted by Crippen LogP contribution is -2.59. The fraction of sp³-hybridized carbons (Fsp3) is 0.867. The molecule has 1 aliphatic carbocycles. The van der Waals surface area contributed by atoms with Crippen molar-refractivity contribution in [1.82, 2.24) is 15.1 Å². The second kappa shape index (κ2) is 5.72. The number of piperazine rings is 1. The number of rotatable bonds is 6. The highest BCUT2D eigenvalue weighted by Gasteiger charge is 2.43. The molecule has 3 fully saturated rings. The summed E-state index contributed by atoms with van der Waals surface area (Å²) in [6.45, 7) is 4.91. The van der Waals surface area contributed by atoms with Crippen molar-refractivity contribution in [2.45, 2.75) is 51.1 Å². The molecule has 112 valence electrons. The van der Waals surface area contributed by atoms with E-state index in [1.807, 2.05) is 0 Å². The zero-order chi connectivity index (χ0) is 14.1. The normalized spacial score (nSPS) is 27.9. The van der Waals surface area contributed by atoms with E-state index in [9.17, 15) is 9.59 Å². The third kappa shape index (κ3) is 2.68. The van der Waals surface area contributed by atoms with E-state index in [1.54, 1.807) is 9.80 Å². The predicted molar refractivity (Wildman–Crippen MR) is 76.1 cm³/mol. The second-order valence-electron chi connectivity index (χ2n) is 6.36. The van der Waals surface area contributed by atoms with E-state index in [0.717, 1.165) is 32.4 Å². The van der Waals surface area contributed by atoms with E-state index in [4.69, 9.17) is 0 Å². The van der Waals surface area contributed by atoms with Crippen molar-refractivity contribution in [3.05, 3.63) is 0 Å². The largest absolute Gasteiger partial charge is 0.330 e. The Kier molecular flexibility index (Phi) is 3.96. The predicted octanol–water partition coefficient (Wildman–Crippen LogP) is 0.598. The summed E-state index contributed by atoms with van der Waals surface area (Å²) in [4.78, 5) is 28.2. The van der Waals surface area contributed by atoms with Crippen molar-refractivity contribution in [2.24, 2.45) is 5.92 Å². The van der Waals surface area contributed by atoms with Crippen molar-refractivity contribution < 1.29 is 9.59 Å². The van der Waals surface area contributed by atoms with Gasteiger partial charge in [-0.1, -0.05) is 6.92 Å². The van der Waals surface area contributed by atoms with Crippen LogP contribution in [-0.2, 0) is 9.59 Å². The Morgan fingerprint density at radius 2 is 2.10 bits per heavy atom. The number of hydrogen-bond donors (Lipinski definition) is 1. The SMILES string of the molecule is CCCNC(CN1CC(=O)N2CCCC2C1=O)C1CC1. The highest BCUT2D eigenvalue weighted by Crippen LogP contribution is 2.33. The van der Waals surface area contributed by atoms with E-state index in [-0.39, 0.29) is 24.4 Å². The van der Waals surface area contributed by atoms with Crippen LogP contribution in [0.2, 0.25) is 0 Å². The number of fused-ring (bicyclic) bond motifs is 1. The summed E-state index contributed by atoms with van der Waals surface area (Å²) in [5.41, 5.74) is 0. The number of carbonyl (C=O) groups is 2. The molecule has 3 rings (SSSR count). The first-order valence-corrected chi connectivity index (χ1v) is 8.02. The van der Waals surface area contributed by atoms with Crippen LogP contribution in [0.4, 0.5) is 0 Å². The molecule has 0 bridgehead atoms. The summed E-state index contributed by atoms with van der Waals surface area (Å²) >= 11 is 0. The molecule has 1 saturated carbocycles. The maximum absolute atomic E-state index is 12.5. The molecule has 1 N–H and O–H groups in total. The number of nitrogens with one attached hydrogen (secondary N) is 1. The van der Waals surface area contributed by atoms with Crippen LogP contribution >= 0.6 is 0 Å². The molecule has 5 heteroatoms. The lowest BCUT2D eigenvalue weighted by Gasteiger charge is -2.38. The summed E-state index contributed by atoms with van der Waals surface area (Å²) < 4.78 is 0. The molecule has 2 unspecified atom stereocenters. The minimum absolute atomic E-state index is 0.136. The third-order valence-electron chi connectivity index (χ3n) is 4.76. The first-order chi connectivity index (χ1) is 9.70. The van der Waals surface area contributed by atoms with Crippen LogP contribution < -0.4 is 5.32 Å². The van der Waals surface area contributed by atoms with Crippen molar-refractivity contribution >= 4 is 11.8 Å². The molecule has 2 aliphatic heterocycles. The fourth-order valence-corrected chi connectivity index (χ4v) is 3.47. The van der Waals surface area contributed by atoms with Crippen molar-refractivity contribution in [1.29, 1.82) is 0 Å². The molecule has 0 aromatic rings. The molecule has 0 spiro atoms. The number of hydrogen-bond acceptors (Lipinski definition) is 3. The van der Waals surface area contributed by atoms with Gasteiger partial charge in [0.2, 0.25) is 11.8 Å². The van der Waals surface area contributed by atoms with Gasteiger partial charge in [-0.2, -0.15) is 0 Å². The molecular weight excluding hydrogens is 254 g/mol. The lowest BCUT2D eigenvalue weighted by molar-refractivity contribution is -0.153. The van der Waals surface area contributed by atoms with Crippen LogP contribution in [0.25, 0.3) is 0 Å². The summed E-state index contributed by atoms with van der Waals surface area (Å²) in [5, 5.41) is 3.55. The van der Waals surface area contributed by atoms with Crippen LogP contribution in [0.5, 0.6) is 0 Å². The number of carbonyl (C=O) groups excluding carboxylic acids is 2. The second-order valence-corrected chi connectivity index (χ2v) is 6.36. The Morgan fingerprint density at radius 3 is 2.80 bits per heavy atom. The standard InChI is InChI=1S/C15H25N3O2/c1-2-7-16-12(11-5-6-11)9-17-10-14(19)18-8-3-4-13(18)15(17)20/h11-13,16H,2-10H2,1H3. The van der Waals surface area contributed by atoms with E-state index < -0.39 is 0 Å². The van der Waals surface area contributed by atoms with Gasteiger partial charge in [0.05, 0.1) is 6.54 Å². The van der Waals surface area contributed by atoms with Crippen LogP contribution in [-0.4, -0.2) is 59.9 Å². The number of amides is 2. The molecule has 0 radical (unpaired) electrons. The molecule has 0 aromatic carbocycles. The van der Waals surface area contributed by atoms with Gasteiger partial charge in [0.1, 0.15) is 6.04 Å². The van der Waals surface area contributed by atoms with Gasteiger partial charge in [-0.05, 0) is 44.6 Å². The molecule has 0 aromatic heterocycles. The average Bonchev–Trinajstić information content (AvgIpc) is 3.15. The lowest BCUT2D eigenvalue weighted by atomic mass is 10.1. The minimum Gasteiger partial charge on any atom is -0.330 e. The zero-order valence-electron chi connectivity index (χ0n) is 12.3. The maximum atomic E-state index is 12.5. The van der Waals surface area contributed by atoms with E-state index >= 15 is 0 Å². The van der Waals surface area contributed by atoms with Crippen molar-refractivity contribution in [3.63, 3.8) is 0 Å². The van der Waals surface area contributed by atoms with Gasteiger partial charge in [-0.25, -0.2) is 0 Å². The molecule has 2 heterocycles. The van der Waals surface area contributed by atoms with E-state index in [0.29, 0.717) is 18.5 Å². The van der Waals surface area contributed by atoms with Gasteiger partial charge in [-0.15, -0.1) is 0 Å². The molecule has 2 saturated heterocycles. The molecule has 2 amide bonds. The Balaban J connectivity index is 1.63. The molecule has 2 atom stereocenters. The van der Waals surface area contributed by atoms with E-state index in [1.165, 1.54) is 12.8 Å². The van der Waals surface area contributed by atoms with Crippen molar-refractivity contribution in [3.8, 4) is 0 Å². The summed E-state index contributed by atoms with van der Waals surface area (Å²) in [6, 6.07) is 0.210. The van der Waals surface area contributed by atoms with Crippen LogP contribution in [0.1, 0.15) is 39.0 Å². The zero-order valence-corrected chi connectivity index (χ0v) is 12.3. The maximum Gasteiger partial charge on any atom is 0.245 e. The highest BCUT2D eigenvalue weighted by atomic mass is 16.2. The first-order valence-electron chi connectivity index (χ1n) is 8.02. The highest BCUT2D eigenvalue weighted by molar-refractivity contribution is 5.95. The smallest absolute Gasteiger partial charge is 0.245 e. The number of nitrogens with zero attached hydrogens (tertiary/aromatic N) is 2. The van der Waals surface area contributed by atoms with Crippen LogP contribution in [0, 0.1) is 5.92 Å².